The van der Waals surface area contributed by atoms with Crippen LogP contribution < -0.4 is 10.0 Å². The van der Waals surface area contributed by atoms with Gasteiger partial charge in [0.05, 0.1) is 5.75 Å². The molecule has 0 fully saturated rings. The number of aromatic nitrogens is 1. The van der Waals surface area contributed by atoms with E-state index in [0.717, 1.165) is 0 Å². The van der Waals surface area contributed by atoms with Gasteiger partial charge in [0.2, 0.25) is 10.0 Å². The number of nitrogens with one attached hydrogen (secondary N) is 2. The third-order valence-corrected chi connectivity index (χ3v) is 3.22. The Morgan fingerprint density at radius 2 is 1.94 bits per heavy atom. The smallest absolute Gasteiger partial charge is 0.251 e. The Morgan fingerprint density at radius 3 is 2.53 bits per heavy atom. The van der Waals surface area contributed by atoms with Crippen molar-refractivity contribution in [1.29, 1.82) is 0 Å². The maximum Gasteiger partial charge on any atom is 0.251 e. The molecule has 1 aromatic rings. The Hall–Kier alpha value is -1.35. The van der Waals surface area contributed by atoms with Gasteiger partial charge in [0.15, 0.2) is 17.5 Å². The van der Waals surface area contributed by atoms with Crippen molar-refractivity contribution in [3.05, 3.63) is 23.6 Å². The number of halogens is 3. The largest absolute Gasteiger partial charge is 0.366 e. The molecule has 1 heterocycles. The first-order valence-electron chi connectivity index (χ1n) is 4.52. The number of pyridine rings is 1. The van der Waals surface area contributed by atoms with Crippen LogP contribution in [0.1, 0.15) is 0 Å². The molecule has 0 amide bonds. The van der Waals surface area contributed by atoms with Crippen LogP contribution in [0.2, 0.25) is 0 Å². The Morgan fingerprint density at radius 1 is 1.29 bits per heavy atom. The van der Waals surface area contributed by atoms with Crippen molar-refractivity contribution < 1.29 is 21.6 Å². The van der Waals surface area contributed by atoms with Gasteiger partial charge in [-0.1, -0.05) is 0 Å². The minimum atomic E-state index is -3.45. The summed E-state index contributed by atoms with van der Waals surface area (Å²) in [5, 5.41) is 2.26. The van der Waals surface area contributed by atoms with Crippen molar-refractivity contribution in [2.45, 2.75) is 0 Å². The zero-order chi connectivity index (χ0) is 13.1. The van der Waals surface area contributed by atoms with E-state index in [4.69, 9.17) is 0 Å². The summed E-state index contributed by atoms with van der Waals surface area (Å²) in [7, 11) is -2.22. The van der Waals surface area contributed by atoms with E-state index in [-0.39, 0.29) is 12.3 Å². The zero-order valence-corrected chi connectivity index (χ0v) is 9.61. The molecule has 96 valence electrons. The van der Waals surface area contributed by atoms with Crippen LogP contribution in [-0.4, -0.2) is 32.7 Å². The summed E-state index contributed by atoms with van der Waals surface area (Å²) >= 11 is 0. The van der Waals surface area contributed by atoms with E-state index in [1.165, 1.54) is 7.05 Å². The molecule has 0 unspecified atom stereocenters. The highest BCUT2D eigenvalue weighted by Gasteiger charge is 2.12. The molecule has 0 saturated heterocycles. The summed E-state index contributed by atoms with van der Waals surface area (Å²) in [6, 6.07) is 0.331. The van der Waals surface area contributed by atoms with Crippen LogP contribution in [0, 0.1) is 17.6 Å². The SMILES string of the molecule is CNS(=O)(=O)CCNc1nc(F)c(F)cc1F. The van der Waals surface area contributed by atoms with Crippen molar-refractivity contribution in [3.63, 3.8) is 0 Å². The monoisotopic (exact) mass is 269 g/mol. The maximum absolute atomic E-state index is 13.0. The molecule has 0 aliphatic carbocycles. The molecule has 17 heavy (non-hydrogen) atoms. The van der Waals surface area contributed by atoms with Gasteiger partial charge in [0.25, 0.3) is 5.95 Å². The Labute approximate surface area is 96.1 Å². The van der Waals surface area contributed by atoms with Gasteiger partial charge < -0.3 is 5.32 Å². The van der Waals surface area contributed by atoms with Crippen molar-refractivity contribution in [2.24, 2.45) is 0 Å². The van der Waals surface area contributed by atoms with Crippen molar-refractivity contribution in [1.82, 2.24) is 9.71 Å². The third kappa shape index (κ3) is 3.86. The van der Waals surface area contributed by atoms with E-state index in [1.54, 1.807) is 0 Å². The molecule has 0 aliphatic heterocycles. The van der Waals surface area contributed by atoms with Gasteiger partial charge in [0, 0.05) is 12.6 Å². The van der Waals surface area contributed by atoms with Gasteiger partial charge >= 0.3 is 0 Å². The lowest BCUT2D eigenvalue weighted by Crippen LogP contribution is -2.26. The Kier molecular flexibility index (Phi) is 4.29. The maximum atomic E-state index is 13.0. The van der Waals surface area contributed by atoms with Gasteiger partial charge in [-0.3, -0.25) is 0 Å². The van der Waals surface area contributed by atoms with E-state index in [1.807, 2.05) is 4.72 Å². The molecule has 0 radical (unpaired) electrons. The summed E-state index contributed by atoms with van der Waals surface area (Å²) in [5.74, 6) is -4.83. The molecule has 2 N–H and O–H groups in total. The summed E-state index contributed by atoms with van der Waals surface area (Å²) in [4.78, 5) is 2.97. The molecule has 5 nitrogen and oxygen atoms in total. The number of sulfonamides is 1. The Bertz CT molecular complexity index is 507. The standard InChI is InChI=1S/C8H10F3N3O2S/c1-12-17(15,16)3-2-13-8-6(10)4-5(9)7(11)14-8/h4,12H,2-3H2,1H3,(H,13,14). The first-order chi connectivity index (χ1) is 7.85. The van der Waals surface area contributed by atoms with Crippen LogP contribution in [0.3, 0.4) is 0 Å². The number of nitrogens with zero attached hydrogens (tertiary/aromatic N) is 1. The zero-order valence-electron chi connectivity index (χ0n) is 8.80. The van der Waals surface area contributed by atoms with E-state index < -0.39 is 33.4 Å². The average molecular weight is 269 g/mol. The highest BCUT2D eigenvalue weighted by Crippen LogP contribution is 2.13. The highest BCUT2D eigenvalue weighted by atomic mass is 32.2. The highest BCUT2D eigenvalue weighted by molar-refractivity contribution is 7.89. The quantitative estimate of drug-likeness (QED) is 0.762. The molecule has 0 aliphatic rings. The molecule has 0 aromatic carbocycles. The first-order valence-corrected chi connectivity index (χ1v) is 6.17. The van der Waals surface area contributed by atoms with E-state index in [9.17, 15) is 21.6 Å². The van der Waals surface area contributed by atoms with E-state index in [2.05, 4.69) is 10.3 Å². The van der Waals surface area contributed by atoms with Gasteiger partial charge in [0.1, 0.15) is 0 Å². The topological polar surface area (TPSA) is 71.1 Å². The molecule has 0 atom stereocenters. The number of hydrogen-bond donors (Lipinski definition) is 2. The predicted molar refractivity (Wildman–Crippen MR) is 55.4 cm³/mol. The van der Waals surface area contributed by atoms with Gasteiger partial charge in [-0.25, -0.2) is 21.9 Å². The minimum absolute atomic E-state index is 0.182. The average Bonchev–Trinajstić information content (AvgIpc) is 2.25. The lowest BCUT2D eigenvalue weighted by atomic mass is 10.4. The normalized spacial score (nSPS) is 11.5. The third-order valence-electron chi connectivity index (χ3n) is 1.86. The van der Waals surface area contributed by atoms with Gasteiger partial charge in [-0.05, 0) is 7.05 Å². The van der Waals surface area contributed by atoms with Crippen LogP contribution >= 0.6 is 0 Å². The predicted octanol–water partition coefficient (Wildman–Crippen LogP) is 0.460. The number of anilines is 1. The molecule has 1 rings (SSSR count). The van der Waals surface area contributed by atoms with Gasteiger partial charge in [-0.15, -0.1) is 0 Å². The van der Waals surface area contributed by atoms with E-state index in [0.29, 0.717) is 6.07 Å². The number of rotatable bonds is 5. The van der Waals surface area contributed by atoms with Crippen LogP contribution in [-0.2, 0) is 10.0 Å². The summed E-state index contributed by atoms with van der Waals surface area (Å²) in [6.07, 6.45) is 0. The van der Waals surface area contributed by atoms with Crippen LogP contribution in [0.25, 0.3) is 0 Å². The first kappa shape index (κ1) is 13.7. The van der Waals surface area contributed by atoms with Crippen molar-refractivity contribution in [2.75, 3.05) is 24.7 Å². The van der Waals surface area contributed by atoms with Crippen LogP contribution in [0.15, 0.2) is 6.07 Å². The molecule has 0 saturated carbocycles. The fourth-order valence-electron chi connectivity index (χ4n) is 0.974. The molecule has 1 aromatic heterocycles. The summed E-state index contributed by atoms with van der Waals surface area (Å²) in [5.41, 5.74) is 0. The lowest BCUT2D eigenvalue weighted by molar-refractivity contribution is 0.466. The second-order valence-corrected chi connectivity index (χ2v) is 5.09. The summed E-state index contributed by atoms with van der Waals surface area (Å²) < 4.78 is 62.3. The van der Waals surface area contributed by atoms with Crippen molar-refractivity contribution in [3.8, 4) is 0 Å². The minimum Gasteiger partial charge on any atom is -0.366 e. The summed E-state index contributed by atoms with van der Waals surface area (Å²) in [6.45, 7) is -0.182. The second kappa shape index (κ2) is 5.32. The molecule has 0 spiro atoms. The van der Waals surface area contributed by atoms with Crippen LogP contribution in [0.5, 0.6) is 0 Å². The molecular weight excluding hydrogens is 259 g/mol. The van der Waals surface area contributed by atoms with Crippen LogP contribution in [0.4, 0.5) is 19.0 Å². The Balaban J connectivity index is 2.68. The lowest BCUT2D eigenvalue weighted by Gasteiger charge is -2.07. The molecular formula is C8H10F3N3O2S. The second-order valence-electron chi connectivity index (χ2n) is 3.04. The van der Waals surface area contributed by atoms with Crippen molar-refractivity contribution >= 4 is 15.8 Å². The van der Waals surface area contributed by atoms with E-state index >= 15 is 0 Å². The molecule has 9 heteroatoms. The fraction of sp³-hybridized carbons (Fsp3) is 0.375. The molecule has 0 bridgehead atoms. The number of hydrogen-bond acceptors (Lipinski definition) is 4. The van der Waals surface area contributed by atoms with Gasteiger partial charge in [-0.2, -0.15) is 9.37 Å². The fourth-order valence-corrected chi connectivity index (χ4v) is 1.55.